The monoisotopic (exact) mass is 246 g/mol. The van der Waals surface area contributed by atoms with Gasteiger partial charge < -0.3 is 5.73 Å². The molecule has 3 heteroatoms. The van der Waals surface area contributed by atoms with Gasteiger partial charge in [0.05, 0.1) is 9.88 Å². The van der Waals surface area contributed by atoms with Gasteiger partial charge >= 0.3 is 0 Å². The van der Waals surface area contributed by atoms with E-state index in [9.17, 15) is 0 Å². The van der Waals surface area contributed by atoms with E-state index in [2.05, 4.69) is 37.0 Å². The minimum Gasteiger partial charge on any atom is -0.330 e. The van der Waals surface area contributed by atoms with Crippen LogP contribution in [0, 0.1) is 13.8 Å². The summed E-state index contributed by atoms with van der Waals surface area (Å²) >= 11 is 1.78. The highest BCUT2D eigenvalue weighted by Crippen LogP contribution is 2.29. The minimum absolute atomic E-state index is 0.735. The third kappa shape index (κ3) is 2.93. The maximum absolute atomic E-state index is 5.51. The Labute approximate surface area is 107 Å². The lowest BCUT2D eigenvalue weighted by atomic mass is 10.1. The number of nitrogens with two attached hydrogens (primary N) is 1. The molecule has 0 saturated carbocycles. The van der Waals surface area contributed by atoms with E-state index in [1.165, 1.54) is 26.6 Å². The Morgan fingerprint density at radius 1 is 1.29 bits per heavy atom. The second kappa shape index (κ2) is 5.43. The number of nitrogens with zero attached hydrogens (tertiary/aromatic N) is 1. The number of benzene rings is 1. The van der Waals surface area contributed by atoms with Crippen molar-refractivity contribution in [2.45, 2.75) is 26.7 Å². The fraction of sp³-hybridized carbons (Fsp3) is 0.357. The predicted octanol–water partition coefficient (Wildman–Crippen LogP) is 3.32. The van der Waals surface area contributed by atoms with Crippen LogP contribution in [0.4, 0.5) is 0 Å². The first kappa shape index (κ1) is 12.3. The van der Waals surface area contributed by atoms with Gasteiger partial charge in [0, 0.05) is 12.6 Å². The molecule has 1 aromatic carbocycles. The molecule has 90 valence electrons. The Morgan fingerprint density at radius 3 is 2.82 bits per heavy atom. The first-order chi connectivity index (χ1) is 8.20. The van der Waals surface area contributed by atoms with Crippen LogP contribution in [-0.4, -0.2) is 11.5 Å². The molecule has 0 aliphatic rings. The smallest absolute Gasteiger partial charge is 0.0931 e. The summed E-state index contributed by atoms with van der Waals surface area (Å²) in [6.07, 6.45) is 3.99. The zero-order valence-corrected chi connectivity index (χ0v) is 11.2. The third-order valence-electron chi connectivity index (χ3n) is 2.80. The van der Waals surface area contributed by atoms with E-state index >= 15 is 0 Å². The van der Waals surface area contributed by atoms with Crippen molar-refractivity contribution in [1.29, 1.82) is 0 Å². The van der Waals surface area contributed by atoms with Crippen LogP contribution >= 0.6 is 11.3 Å². The largest absolute Gasteiger partial charge is 0.330 e. The molecule has 0 unspecified atom stereocenters. The molecule has 1 aromatic heterocycles. The van der Waals surface area contributed by atoms with Gasteiger partial charge in [0.2, 0.25) is 0 Å². The van der Waals surface area contributed by atoms with Crippen molar-refractivity contribution in [2.24, 2.45) is 5.73 Å². The second-order valence-electron chi connectivity index (χ2n) is 4.33. The van der Waals surface area contributed by atoms with Crippen molar-refractivity contribution in [1.82, 2.24) is 4.98 Å². The van der Waals surface area contributed by atoms with E-state index < -0.39 is 0 Å². The van der Waals surface area contributed by atoms with Gasteiger partial charge in [-0.05, 0) is 37.9 Å². The first-order valence-corrected chi connectivity index (χ1v) is 6.75. The lowest BCUT2D eigenvalue weighted by Crippen LogP contribution is -1.99. The van der Waals surface area contributed by atoms with Gasteiger partial charge in [-0.15, -0.1) is 11.3 Å². The molecule has 0 spiro atoms. The molecule has 2 nitrogen and oxygen atoms in total. The lowest BCUT2D eigenvalue weighted by Gasteiger charge is -2.03. The Morgan fingerprint density at radius 2 is 2.12 bits per heavy atom. The molecule has 0 fully saturated rings. The van der Waals surface area contributed by atoms with Gasteiger partial charge in [-0.2, -0.15) is 0 Å². The molecule has 2 aromatic rings. The van der Waals surface area contributed by atoms with E-state index in [0.717, 1.165) is 19.4 Å². The summed E-state index contributed by atoms with van der Waals surface area (Å²) < 4.78 is 0. The average molecular weight is 246 g/mol. The van der Waals surface area contributed by atoms with Gasteiger partial charge in [0.25, 0.3) is 0 Å². The number of hydrogen-bond acceptors (Lipinski definition) is 3. The van der Waals surface area contributed by atoms with Crippen LogP contribution in [-0.2, 0) is 6.42 Å². The molecule has 0 atom stereocenters. The third-order valence-corrected chi connectivity index (χ3v) is 3.89. The standard InChI is InChI=1S/C14H18N2S/c1-10-5-6-12(11(2)8-10)13-9-16-14(17-13)4-3-7-15/h5-6,8-9H,3-4,7,15H2,1-2H3. The van der Waals surface area contributed by atoms with Crippen LogP contribution in [0.3, 0.4) is 0 Å². The fourth-order valence-electron chi connectivity index (χ4n) is 1.89. The van der Waals surface area contributed by atoms with Crippen molar-refractivity contribution >= 4 is 11.3 Å². The molecule has 0 bridgehead atoms. The fourth-order valence-corrected chi connectivity index (χ4v) is 2.94. The number of rotatable bonds is 4. The van der Waals surface area contributed by atoms with E-state index in [-0.39, 0.29) is 0 Å². The number of thiazole rings is 1. The van der Waals surface area contributed by atoms with Crippen LogP contribution in [0.1, 0.15) is 22.6 Å². The van der Waals surface area contributed by atoms with Crippen LogP contribution < -0.4 is 5.73 Å². The quantitative estimate of drug-likeness (QED) is 0.898. The molecule has 0 aliphatic carbocycles. The van der Waals surface area contributed by atoms with E-state index in [4.69, 9.17) is 5.73 Å². The molecule has 0 amide bonds. The maximum Gasteiger partial charge on any atom is 0.0931 e. The van der Waals surface area contributed by atoms with Gasteiger partial charge in [0.15, 0.2) is 0 Å². The van der Waals surface area contributed by atoms with Crippen LogP contribution in [0.5, 0.6) is 0 Å². The second-order valence-corrected chi connectivity index (χ2v) is 5.44. The Kier molecular flexibility index (Phi) is 3.92. The van der Waals surface area contributed by atoms with E-state index in [0.29, 0.717) is 0 Å². The molecule has 0 radical (unpaired) electrons. The zero-order chi connectivity index (χ0) is 12.3. The van der Waals surface area contributed by atoms with Gasteiger partial charge in [-0.1, -0.05) is 23.8 Å². The highest BCUT2D eigenvalue weighted by molar-refractivity contribution is 7.15. The molecule has 17 heavy (non-hydrogen) atoms. The van der Waals surface area contributed by atoms with Crippen molar-refractivity contribution < 1.29 is 0 Å². The van der Waals surface area contributed by atoms with Crippen molar-refractivity contribution in [2.75, 3.05) is 6.54 Å². The highest BCUT2D eigenvalue weighted by atomic mass is 32.1. The number of aryl methyl sites for hydroxylation is 3. The molecule has 0 saturated heterocycles. The van der Waals surface area contributed by atoms with Crippen molar-refractivity contribution in [3.05, 3.63) is 40.5 Å². The molecule has 0 aliphatic heterocycles. The van der Waals surface area contributed by atoms with Crippen LogP contribution in [0.25, 0.3) is 10.4 Å². The highest BCUT2D eigenvalue weighted by Gasteiger charge is 2.06. The minimum atomic E-state index is 0.735. The molecule has 1 heterocycles. The maximum atomic E-state index is 5.51. The molecular formula is C14H18N2S. The van der Waals surface area contributed by atoms with Crippen molar-refractivity contribution in [3.63, 3.8) is 0 Å². The lowest BCUT2D eigenvalue weighted by molar-refractivity contribution is 0.826. The summed E-state index contributed by atoms with van der Waals surface area (Å²) in [6, 6.07) is 6.56. The van der Waals surface area contributed by atoms with Gasteiger partial charge in [0.1, 0.15) is 0 Å². The first-order valence-electron chi connectivity index (χ1n) is 5.93. The van der Waals surface area contributed by atoms with Crippen molar-refractivity contribution in [3.8, 4) is 10.4 Å². The Balaban J connectivity index is 2.24. The average Bonchev–Trinajstić information content (AvgIpc) is 2.75. The summed E-state index contributed by atoms with van der Waals surface area (Å²) in [5.74, 6) is 0. The van der Waals surface area contributed by atoms with Crippen LogP contribution in [0.2, 0.25) is 0 Å². The van der Waals surface area contributed by atoms with Gasteiger partial charge in [-0.25, -0.2) is 4.98 Å². The summed E-state index contributed by atoms with van der Waals surface area (Å²) in [4.78, 5) is 5.72. The normalized spacial score (nSPS) is 10.8. The molecule has 2 rings (SSSR count). The van der Waals surface area contributed by atoms with E-state index in [1.807, 2.05) is 6.20 Å². The number of hydrogen-bond donors (Lipinski definition) is 1. The summed E-state index contributed by atoms with van der Waals surface area (Å²) in [5.41, 5.74) is 9.43. The Hall–Kier alpha value is -1.19. The summed E-state index contributed by atoms with van der Waals surface area (Å²) in [5, 5.41) is 1.19. The topological polar surface area (TPSA) is 38.9 Å². The van der Waals surface area contributed by atoms with E-state index in [1.54, 1.807) is 11.3 Å². The molecule has 2 N–H and O–H groups in total. The predicted molar refractivity (Wildman–Crippen MR) is 74.4 cm³/mol. The van der Waals surface area contributed by atoms with Gasteiger partial charge in [-0.3, -0.25) is 0 Å². The van der Waals surface area contributed by atoms with Crippen LogP contribution in [0.15, 0.2) is 24.4 Å². The Bertz CT molecular complexity index is 503. The SMILES string of the molecule is Cc1ccc(-c2cnc(CCCN)s2)c(C)c1. The summed E-state index contributed by atoms with van der Waals surface area (Å²) in [6.45, 7) is 5.01. The molecular weight excluding hydrogens is 228 g/mol. The summed E-state index contributed by atoms with van der Waals surface area (Å²) in [7, 11) is 0. The number of aromatic nitrogens is 1. The zero-order valence-electron chi connectivity index (χ0n) is 10.4.